The van der Waals surface area contributed by atoms with E-state index in [2.05, 4.69) is 35.7 Å². The van der Waals surface area contributed by atoms with Gasteiger partial charge in [-0.3, -0.25) is 18.7 Å². The summed E-state index contributed by atoms with van der Waals surface area (Å²) in [5.41, 5.74) is 4.84. The molecule has 2 aliphatic rings. The number of piperidine rings is 1. The molecule has 9 nitrogen and oxygen atoms in total. The summed E-state index contributed by atoms with van der Waals surface area (Å²) in [7, 11) is -2.13. The number of benzene rings is 3. The molecule has 2 heterocycles. The Labute approximate surface area is 298 Å². The third kappa shape index (κ3) is 8.47. The third-order valence-corrected chi connectivity index (χ3v) is 11.3. The minimum absolute atomic E-state index is 0.126. The summed E-state index contributed by atoms with van der Waals surface area (Å²) in [4.78, 5) is 41.2. The Balaban J connectivity index is 1.19. The Bertz CT molecular complexity index is 2080. The first-order valence-corrected chi connectivity index (χ1v) is 19.3. The van der Waals surface area contributed by atoms with Gasteiger partial charge in [0.2, 0.25) is 15.9 Å². The fourth-order valence-electron chi connectivity index (χ4n) is 6.97. The SMILES string of the molecule is CN(c1ccc2oc(C(=O)N[C@H](C=C3CCC(c4ccccc4CN4CCCCC4=O)CC3)Cc3ccc(Cl)cc3)cc(=O)c2c1)S(C)(=O)=O. The number of sulfonamides is 1. The highest BCUT2D eigenvalue weighted by Gasteiger charge is 2.25. The van der Waals surface area contributed by atoms with Crippen molar-refractivity contribution in [1.82, 2.24) is 10.2 Å². The number of nitrogens with zero attached hydrogens (tertiary/aromatic N) is 2. The maximum atomic E-state index is 13.6. The number of allylic oxidation sites excluding steroid dienone is 1. The van der Waals surface area contributed by atoms with Crippen LogP contribution in [0.5, 0.6) is 0 Å². The van der Waals surface area contributed by atoms with Crippen LogP contribution in [0, 0.1) is 0 Å². The van der Waals surface area contributed by atoms with Gasteiger partial charge in [0.1, 0.15) is 5.58 Å². The zero-order valence-corrected chi connectivity index (χ0v) is 29.9. The van der Waals surface area contributed by atoms with Crippen molar-refractivity contribution in [3.63, 3.8) is 0 Å². The van der Waals surface area contributed by atoms with Crippen LogP contribution < -0.4 is 15.1 Å². The van der Waals surface area contributed by atoms with Crippen molar-refractivity contribution >= 4 is 50.1 Å². The molecule has 1 aliphatic carbocycles. The van der Waals surface area contributed by atoms with Gasteiger partial charge in [-0.15, -0.1) is 0 Å². The van der Waals surface area contributed by atoms with Gasteiger partial charge in [0.05, 0.1) is 23.4 Å². The van der Waals surface area contributed by atoms with Gasteiger partial charge in [0.15, 0.2) is 11.2 Å². The van der Waals surface area contributed by atoms with Crippen LogP contribution in [-0.4, -0.2) is 51.0 Å². The molecule has 1 aromatic heterocycles. The minimum atomic E-state index is -3.53. The second-order valence-corrected chi connectivity index (χ2v) is 15.8. The number of anilines is 1. The number of amides is 2. The number of hydrogen-bond donors (Lipinski definition) is 1. The molecule has 3 aromatic carbocycles. The average molecular weight is 716 g/mol. The molecule has 4 aromatic rings. The van der Waals surface area contributed by atoms with Crippen molar-refractivity contribution in [2.45, 2.75) is 69.9 Å². The van der Waals surface area contributed by atoms with E-state index in [1.807, 2.05) is 29.2 Å². The monoisotopic (exact) mass is 715 g/mol. The lowest BCUT2D eigenvalue weighted by Gasteiger charge is -2.31. The summed E-state index contributed by atoms with van der Waals surface area (Å²) in [6.45, 7) is 1.48. The first-order chi connectivity index (χ1) is 23.9. The van der Waals surface area contributed by atoms with E-state index in [1.165, 1.54) is 41.9 Å². The second-order valence-electron chi connectivity index (χ2n) is 13.4. The topological polar surface area (TPSA) is 117 Å². The largest absolute Gasteiger partial charge is 0.451 e. The summed E-state index contributed by atoms with van der Waals surface area (Å²) in [5, 5.41) is 3.88. The molecule has 1 N–H and O–H groups in total. The molecular formula is C39H42ClN3O6S. The molecule has 0 radical (unpaired) electrons. The molecule has 1 saturated heterocycles. The van der Waals surface area contributed by atoms with Gasteiger partial charge >= 0.3 is 0 Å². The van der Waals surface area contributed by atoms with Crippen molar-refractivity contribution in [1.29, 1.82) is 0 Å². The van der Waals surface area contributed by atoms with E-state index >= 15 is 0 Å². The lowest BCUT2D eigenvalue weighted by atomic mass is 9.79. The van der Waals surface area contributed by atoms with E-state index in [4.69, 9.17) is 16.0 Å². The molecule has 1 atom stereocenters. The Hall–Kier alpha value is -4.41. The smallest absolute Gasteiger partial charge is 0.287 e. The highest BCUT2D eigenvalue weighted by Crippen LogP contribution is 2.38. The van der Waals surface area contributed by atoms with Crippen molar-refractivity contribution in [2.75, 3.05) is 24.2 Å². The highest BCUT2D eigenvalue weighted by molar-refractivity contribution is 7.92. The number of fused-ring (bicyclic) bond motifs is 1. The average Bonchev–Trinajstić information content (AvgIpc) is 3.10. The predicted octanol–water partition coefficient (Wildman–Crippen LogP) is 6.98. The number of carbonyl (C=O) groups is 2. The summed E-state index contributed by atoms with van der Waals surface area (Å²) in [6, 6.07) is 21.2. The van der Waals surface area contributed by atoms with Gasteiger partial charge in [-0.05, 0) is 97.9 Å². The number of likely N-dealkylation sites (tertiary alicyclic amines) is 1. The summed E-state index contributed by atoms with van der Waals surface area (Å²) in [6.07, 6.45) is 10.1. The lowest BCUT2D eigenvalue weighted by molar-refractivity contribution is -0.133. The van der Waals surface area contributed by atoms with Crippen LogP contribution in [0.1, 0.15) is 78.1 Å². The first kappa shape index (κ1) is 35.4. The van der Waals surface area contributed by atoms with E-state index in [9.17, 15) is 22.8 Å². The molecule has 2 amide bonds. The lowest BCUT2D eigenvalue weighted by Crippen LogP contribution is -2.36. The normalized spacial score (nSPS) is 17.4. The minimum Gasteiger partial charge on any atom is -0.451 e. The molecule has 11 heteroatoms. The number of nitrogens with one attached hydrogen (secondary N) is 1. The summed E-state index contributed by atoms with van der Waals surface area (Å²) in [5.74, 6) is -0.0221. The zero-order chi connectivity index (χ0) is 35.4. The molecular weight excluding hydrogens is 674 g/mol. The Morgan fingerprint density at radius 1 is 1.02 bits per heavy atom. The van der Waals surface area contributed by atoms with Gasteiger partial charge in [0, 0.05) is 37.6 Å². The zero-order valence-electron chi connectivity index (χ0n) is 28.4. The van der Waals surface area contributed by atoms with E-state index in [-0.39, 0.29) is 28.7 Å². The number of halogens is 1. The van der Waals surface area contributed by atoms with E-state index in [0.29, 0.717) is 36.0 Å². The molecule has 0 bridgehead atoms. The van der Waals surface area contributed by atoms with E-state index < -0.39 is 21.4 Å². The Morgan fingerprint density at radius 3 is 2.48 bits per heavy atom. The summed E-state index contributed by atoms with van der Waals surface area (Å²) < 4.78 is 31.0. The number of rotatable bonds is 10. The van der Waals surface area contributed by atoms with Crippen LogP contribution in [0.15, 0.2) is 93.7 Å². The van der Waals surface area contributed by atoms with Gasteiger partial charge in [0.25, 0.3) is 5.91 Å². The standard InChI is InChI=1S/C39H42ClN3O6S/c1-42(50(2,47)48)32-18-19-36-34(23-32)35(44)24-37(49-36)39(46)41-31(22-27-12-16-30(40)17-13-27)21-26-10-14-28(15-11-26)33-8-4-3-7-29(33)25-43-20-6-5-9-38(43)45/h3-4,7-8,12-13,16-19,21,23-24,28,31H,5-6,9-11,14-15,20,22,25H2,1-2H3,(H,41,46)/t28?,31-/m1/s1. The number of hydrogen-bond acceptors (Lipinski definition) is 6. The van der Waals surface area contributed by atoms with Crippen molar-refractivity contribution in [3.05, 3.63) is 122 Å². The van der Waals surface area contributed by atoms with E-state index in [1.54, 1.807) is 0 Å². The molecule has 0 unspecified atom stereocenters. The quantitative estimate of drug-likeness (QED) is 0.177. The van der Waals surface area contributed by atoms with Crippen LogP contribution >= 0.6 is 11.6 Å². The Kier molecular flexibility index (Phi) is 10.8. The van der Waals surface area contributed by atoms with Crippen molar-refractivity contribution < 1.29 is 22.4 Å². The van der Waals surface area contributed by atoms with Crippen LogP contribution in [-0.2, 0) is 27.8 Å². The molecule has 6 rings (SSSR count). The van der Waals surface area contributed by atoms with Crippen LogP contribution in [0.4, 0.5) is 5.69 Å². The maximum Gasteiger partial charge on any atom is 0.287 e. The molecule has 0 spiro atoms. The van der Waals surface area contributed by atoms with Gasteiger partial charge in [-0.2, -0.15) is 0 Å². The van der Waals surface area contributed by atoms with Crippen LogP contribution in [0.2, 0.25) is 5.02 Å². The van der Waals surface area contributed by atoms with E-state index in [0.717, 1.165) is 67.3 Å². The first-order valence-electron chi connectivity index (χ1n) is 17.1. The predicted molar refractivity (Wildman–Crippen MR) is 197 cm³/mol. The van der Waals surface area contributed by atoms with Gasteiger partial charge < -0.3 is 14.6 Å². The second kappa shape index (κ2) is 15.2. The fraction of sp³-hybridized carbons (Fsp3) is 0.359. The molecule has 1 saturated carbocycles. The van der Waals surface area contributed by atoms with Gasteiger partial charge in [-0.1, -0.05) is 59.6 Å². The Morgan fingerprint density at radius 2 is 1.76 bits per heavy atom. The third-order valence-electron chi connectivity index (χ3n) is 9.82. The molecule has 50 heavy (non-hydrogen) atoms. The summed E-state index contributed by atoms with van der Waals surface area (Å²) >= 11 is 6.14. The highest BCUT2D eigenvalue weighted by atomic mass is 35.5. The molecule has 2 fully saturated rings. The molecule has 1 aliphatic heterocycles. The number of carbonyl (C=O) groups excluding carboxylic acids is 2. The van der Waals surface area contributed by atoms with Gasteiger partial charge in [-0.25, -0.2) is 8.42 Å². The van der Waals surface area contributed by atoms with Crippen LogP contribution in [0.3, 0.4) is 0 Å². The molecule has 262 valence electrons. The fourth-order valence-corrected chi connectivity index (χ4v) is 7.59. The van der Waals surface area contributed by atoms with Crippen molar-refractivity contribution in [2.24, 2.45) is 0 Å². The maximum absolute atomic E-state index is 13.6. The van der Waals surface area contributed by atoms with Crippen molar-refractivity contribution in [3.8, 4) is 0 Å². The van der Waals surface area contributed by atoms with Crippen LogP contribution in [0.25, 0.3) is 11.0 Å².